The molecule has 0 aliphatic heterocycles. The summed E-state index contributed by atoms with van der Waals surface area (Å²) in [5, 5.41) is 3.25. The number of benzene rings is 2. The molecular formula is C14H12BrNS. The number of anilines is 1. The summed E-state index contributed by atoms with van der Waals surface area (Å²) in [4.78, 5) is 0.733. The summed E-state index contributed by atoms with van der Waals surface area (Å²) in [6.45, 7) is 2.06. The normalized spacial score (nSPS) is 10.0. The second-order valence-corrected chi connectivity index (χ2v) is 5.07. The van der Waals surface area contributed by atoms with Crippen LogP contribution in [0.4, 0.5) is 5.69 Å². The van der Waals surface area contributed by atoms with E-state index >= 15 is 0 Å². The van der Waals surface area contributed by atoms with Crippen molar-refractivity contribution in [3.8, 4) is 0 Å². The summed E-state index contributed by atoms with van der Waals surface area (Å²) in [5.41, 5.74) is 3.22. The molecule has 0 aliphatic carbocycles. The van der Waals surface area contributed by atoms with Crippen molar-refractivity contribution < 1.29 is 0 Å². The van der Waals surface area contributed by atoms with E-state index in [1.165, 1.54) is 5.56 Å². The third kappa shape index (κ3) is 3.14. The van der Waals surface area contributed by atoms with Crippen LogP contribution in [-0.4, -0.2) is 4.99 Å². The average molecular weight is 306 g/mol. The van der Waals surface area contributed by atoms with Crippen LogP contribution in [0.25, 0.3) is 0 Å². The molecule has 86 valence electrons. The van der Waals surface area contributed by atoms with Crippen molar-refractivity contribution in [1.29, 1.82) is 0 Å². The van der Waals surface area contributed by atoms with Gasteiger partial charge >= 0.3 is 0 Å². The molecule has 0 unspecified atom stereocenters. The van der Waals surface area contributed by atoms with Crippen LogP contribution in [0.1, 0.15) is 11.1 Å². The minimum atomic E-state index is 0.733. The molecule has 0 saturated heterocycles. The van der Waals surface area contributed by atoms with Gasteiger partial charge in [0, 0.05) is 10.0 Å². The first-order valence-electron chi connectivity index (χ1n) is 5.29. The van der Waals surface area contributed by atoms with E-state index < -0.39 is 0 Å². The Hall–Kier alpha value is -1.19. The molecule has 0 fully saturated rings. The van der Waals surface area contributed by atoms with E-state index in [0.29, 0.717) is 0 Å². The van der Waals surface area contributed by atoms with Gasteiger partial charge in [-0.2, -0.15) is 0 Å². The Kier molecular flexibility index (Phi) is 3.92. The van der Waals surface area contributed by atoms with Crippen molar-refractivity contribution in [3.05, 3.63) is 64.1 Å². The highest BCUT2D eigenvalue weighted by Gasteiger charge is 2.04. The lowest BCUT2D eigenvalue weighted by molar-refractivity contribution is 1.45. The third-order valence-corrected chi connectivity index (χ3v) is 3.44. The topological polar surface area (TPSA) is 12.0 Å². The molecule has 1 N–H and O–H groups in total. The highest BCUT2D eigenvalue weighted by atomic mass is 79.9. The van der Waals surface area contributed by atoms with Crippen LogP contribution in [0.3, 0.4) is 0 Å². The second kappa shape index (κ2) is 5.43. The van der Waals surface area contributed by atoms with Gasteiger partial charge in [0.1, 0.15) is 4.99 Å². The van der Waals surface area contributed by atoms with Crippen molar-refractivity contribution in [2.75, 3.05) is 5.32 Å². The lowest BCUT2D eigenvalue weighted by Gasteiger charge is -2.10. The highest BCUT2D eigenvalue weighted by Crippen LogP contribution is 2.24. The highest BCUT2D eigenvalue weighted by molar-refractivity contribution is 9.10. The summed E-state index contributed by atoms with van der Waals surface area (Å²) >= 11 is 8.88. The van der Waals surface area contributed by atoms with Crippen molar-refractivity contribution in [2.24, 2.45) is 0 Å². The van der Waals surface area contributed by atoms with Crippen LogP contribution in [0.15, 0.2) is 53.0 Å². The largest absolute Gasteiger partial charge is 0.345 e. The van der Waals surface area contributed by atoms with E-state index in [0.717, 1.165) is 20.7 Å². The molecule has 0 saturated carbocycles. The van der Waals surface area contributed by atoms with Crippen molar-refractivity contribution in [2.45, 2.75) is 6.92 Å². The minimum absolute atomic E-state index is 0.733. The van der Waals surface area contributed by atoms with Crippen LogP contribution in [0, 0.1) is 6.92 Å². The van der Waals surface area contributed by atoms with Crippen LogP contribution in [0.5, 0.6) is 0 Å². The van der Waals surface area contributed by atoms with Gasteiger partial charge < -0.3 is 5.32 Å². The molecule has 2 aromatic rings. The molecule has 0 heterocycles. The number of halogens is 1. The smallest absolute Gasteiger partial charge is 0.111 e. The molecule has 0 radical (unpaired) electrons. The molecule has 0 spiro atoms. The fourth-order valence-corrected chi connectivity index (χ4v) is 2.11. The SMILES string of the molecule is Cc1ccc(Br)c(NC(=S)c2ccccc2)c1. The molecular weight excluding hydrogens is 294 g/mol. The fourth-order valence-electron chi connectivity index (χ4n) is 1.52. The first-order chi connectivity index (χ1) is 8.16. The summed E-state index contributed by atoms with van der Waals surface area (Å²) in [6, 6.07) is 16.1. The maximum Gasteiger partial charge on any atom is 0.111 e. The number of thiocarbonyl (C=S) groups is 1. The van der Waals surface area contributed by atoms with Gasteiger partial charge in [-0.15, -0.1) is 0 Å². The van der Waals surface area contributed by atoms with Gasteiger partial charge in [-0.05, 0) is 40.5 Å². The van der Waals surface area contributed by atoms with E-state index in [1.807, 2.05) is 36.4 Å². The zero-order chi connectivity index (χ0) is 12.3. The lowest BCUT2D eigenvalue weighted by Crippen LogP contribution is -2.10. The quantitative estimate of drug-likeness (QED) is 0.817. The van der Waals surface area contributed by atoms with Gasteiger partial charge in [-0.25, -0.2) is 0 Å². The van der Waals surface area contributed by atoms with E-state index in [1.54, 1.807) is 0 Å². The molecule has 2 aromatic carbocycles. The van der Waals surface area contributed by atoms with Gasteiger partial charge in [0.25, 0.3) is 0 Å². The van der Waals surface area contributed by atoms with Crippen LogP contribution < -0.4 is 5.32 Å². The Morgan fingerprint density at radius 2 is 1.82 bits per heavy atom. The summed E-state index contributed by atoms with van der Waals surface area (Å²) in [6.07, 6.45) is 0. The van der Waals surface area contributed by atoms with Gasteiger partial charge in [0.05, 0.1) is 5.69 Å². The molecule has 0 bridgehead atoms. The van der Waals surface area contributed by atoms with Crippen LogP contribution in [-0.2, 0) is 0 Å². The van der Waals surface area contributed by atoms with Crippen molar-refractivity contribution in [3.63, 3.8) is 0 Å². The van der Waals surface area contributed by atoms with Gasteiger partial charge in [0.15, 0.2) is 0 Å². The Balaban J connectivity index is 2.22. The average Bonchev–Trinajstić information content (AvgIpc) is 2.35. The van der Waals surface area contributed by atoms with Crippen LogP contribution in [0.2, 0.25) is 0 Å². The minimum Gasteiger partial charge on any atom is -0.345 e. The fraction of sp³-hybridized carbons (Fsp3) is 0.0714. The number of aryl methyl sites for hydroxylation is 1. The predicted molar refractivity (Wildman–Crippen MR) is 80.6 cm³/mol. The molecule has 17 heavy (non-hydrogen) atoms. The summed E-state index contributed by atoms with van der Waals surface area (Å²) in [7, 11) is 0. The van der Waals surface area contributed by atoms with Crippen molar-refractivity contribution >= 4 is 38.8 Å². The molecule has 0 aromatic heterocycles. The van der Waals surface area contributed by atoms with Gasteiger partial charge in [-0.1, -0.05) is 48.6 Å². The van der Waals surface area contributed by atoms with E-state index in [-0.39, 0.29) is 0 Å². The Morgan fingerprint density at radius 3 is 2.53 bits per heavy atom. The number of hydrogen-bond acceptors (Lipinski definition) is 1. The summed E-state index contributed by atoms with van der Waals surface area (Å²) in [5.74, 6) is 0. The summed E-state index contributed by atoms with van der Waals surface area (Å²) < 4.78 is 1.02. The van der Waals surface area contributed by atoms with Gasteiger partial charge in [0.2, 0.25) is 0 Å². The first-order valence-corrected chi connectivity index (χ1v) is 6.49. The molecule has 0 atom stereocenters. The Labute approximate surface area is 115 Å². The van der Waals surface area contributed by atoms with E-state index in [2.05, 4.69) is 40.3 Å². The van der Waals surface area contributed by atoms with E-state index in [9.17, 15) is 0 Å². The predicted octanol–water partition coefficient (Wildman–Crippen LogP) is 4.55. The molecule has 2 rings (SSSR count). The standard InChI is InChI=1S/C14H12BrNS/c1-10-7-8-12(15)13(9-10)16-14(17)11-5-3-2-4-6-11/h2-9H,1H3,(H,16,17). The Bertz CT molecular complexity index is 537. The zero-order valence-corrected chi connectivity index (χ0v) is 11.8. The number of hydrogen-bond donors (Lipinski definition) is 1. The lowest BCUT2D eigenvalue weighted by atomic mass is 10.2. The van der Waals surface area contributed by atoms with Gasteiger partial charge in [-0.3, -0.25) is 0 Å². The Morgan fingerprint density at radius 1 is 1.12 bits per heavy atom. The van der Waals surface area contributed by atoms with Crippen LogP contribution >= 0.6 is 28.1 Å². The molecule has 0 amide bonds. The second-order valence-electron chi connectivity index (χ2n) is 3.80. The van der Waals surface area contributed by atoms with E-state index in [4.69, 9.17) is 12.2 Å². The number of nitrogens with one attached hydrogen (secondary N) is 1. The third-order valence-electron chi connectivity index (χ3n) is 2.41. The molecule has 0 aliphatic rings. The first kappa shape index (κ1) is 12.3. The molecule has 3 heteroatoms. The maximum absolute atomic E-state index is 5.37. The number of rotatable bonds is 2. The zero-order valence-electron chi connectivity index (χ0n) is 9.41. The monoisotopic (exact) mass is 305 g/mol. The molecule has 1 nitrogen and oxygen atoms in total. The maximum atomic E-state index is 5.37. The van der Waals surface area contributed by atoms with Crippen molar-refractivity contribution in [1.82, 2.24) is 0 Å².